The van der Waals surface area contributed by atoms with E-state index in [1.54, 1.807) is 12.3 Å². The molecule has 1 N–H and O–H groups in total. The molecule has 0 fully saturated rings. The third kappa shape index (κ3) is 6.17. The summed E-state index contributed by atoms with van der Waals surface area (Å²) in [7, 11) is 1.88. The summed E-state index contributed by atoms with van der Waals surface area (Å²) in [6, 6.07) is 8.30. The van der Waals surface area contributed by atoms with Gasteiger partial charge in [0.25, 0.3) is 0 Å². The van der Waals surface area contributed by atoms with Crippen LogP contribution in [-0.4, -0.2) is 44.0 Å². The highest BCUT2D eigenvalue weighted by molar-refractivity contribution is 7.99. The smallest absolute Gasteiger partial charge is 0.311 e. The van der Waals surface area contributed by atoms with Gasteiger partial charge in [-0.25, -0.2) is 4.98 Å². The molecule has 170 valence electrons. The van der Waals surface area contributed by atoms with Crippen LogP contribution in [0.3, 0.4) is 0 Å². The fourth-order valence-electron chi connectivity index (χ4n) is 2.90. The molecule has 1 amide bonds. The molecule has 0 bridgehead atoms. The Morgan fingerprint density at radius 3 is 2.56 bits per heavy atom. The summed E-state index contributed by atoms with van der Waals surface area (Å²) in [5.74, 6) is 0.377. The SMILES string of the molecule is CCOC(=O)Cc1csc(NC(=O)CSc2nnc(-c3ccc(C(C)(C)C)cc3)n2C)n1. The van der Waals surface area contributed by atoms with E-state index in [1.165, 1.54) is 28.7 Å². The molecule has 1 aromatic carbocycles. The summed E-state index contributed by atoms with van der Waals surface area (Å²) in [6.45, 7) is 8.62. The Labute approximate surface area is 195 Å². The van der Waals surface area contributed by atoms with Crippen molar-refractivity contribution in [3.8, 4) is 11.4 Å². The second-order valence-electron chi connectivity index (χ2n) is 8.16. The summed E-state index contributed by atoms with van der Waals surface area (Å²) in [6.07, 6.45) is 0.0907. The normalized spacial score (nSPS) is 11.4. The average Bonchev–Trinajstić information content (AvgIpc) is 3.32. The molecule has 0 aliphatic carbocycles. The van der Waals surface area contributed by atoms with Gasteiger partial charge in [-0.1, -0.05) is 56.8 Å². The summed E-state index contributed by atoms with van der Waals surface area (Å²) < 4.78 is 6.79. The maximum Gasteiger partial charge on any atom is 0.311 e. The van der Waals surface area contributed by atoms with Gasteiger partial charge in [0.05, 0.1) is 24.5 Å². The van der Waals surface area contributed by atoms with Gasteiger partial charge < -0.3 is 14.6 Å². The van der Waals surface area contributed by atoms with Crippen LogP contribution in [0, 0.1) is 0 Å². The van der Waals surface area contributed by atoms with E-state index in [2.05, 4.69) is 53.4 Å². The molecule has 2 aromatic heterocycles. The number of aromatic nitrogens is 4. The molecule has 0 radical (unpaired) electrons. The number of ether oxygens (including phenoxy) is 1. The van der Waals surface area contributed by atoms with E-state index in [-0.39, 0.29) is 29.5 Å². The molecule has 8 nitrogen and oxygen atoms in total. The molecule has 32 heavy (non-hydrogen) atoms. The first-order valence-electron chi connectivity index (χ1n) is 10.2. The van der Waals surface area contributed by atoms with Crippen molar-refractivity contribution in [2.24, 2.45) is 7.05 Å². The first-order chi connectivity index (χ1) is 15.2. The first-order valence-corrected chi connectivity index (χ1v) is 12.1. The predicted octanol–water partition coefficient (Wildman–Crippen LogP) is 4.07. The van der Waals surface area contributed by atoms with Crippen LogP contribution in [0.25, 0.3) is 11.4 Å². The molecular weight excluding hydrogens is 446 g/mol. The first kappa shape index (κ1) is 23.9. The fourth-order valence-corrected chi connectivity index (χ4v) is 4.34. The van der Waals surface area contributed by atoms with Crippen LogP contribution in [0.15, 0.2) is 34.8 Å². The van der Waals surface area contributed by atoms with Gasteiger partial charge in [-0.3, -0.25) is 9.59 Å². The maximum atomic E-state index is 12.3. The molecule has 0 aliphatic rings. The van der Waals surface area contributed by atoms with Crippen molar-refractivity contribution in [2.75, 3.05) is 17.7 Å². The summed E-state index contributed by atoms with van der Waals surface area (Å²) in [5.41, 5.74) is 2.89. The highest BCUT2D eigenvalue weighted by atomic mass is 32.2. The number of amides is 1. The zero-order valence-corrected chi connectivity index (χ0v) is 20.5. The second-order valence-corrected chi connectivity index (χ2v) is 9.96. The van der Waals surface area contributed by atoms with E-state index < -0.39 is 0 Å². The minimum absolute atomic E-state index is 0.0871. The summed E-state index contributed by atoms with van der Waals surface area (Å²) in [4.78, 5) is 28.1. The lowest BCUT2D eigenvalue weighted by Crippen LogP contribution is -2.14. The van der Waals surface area contributed by atoms with Gasteiger partial charge in [-0.15, -0.1) is 21.5 Å². The molecule has 3 rings (SSSR count). The second kappa shape index (κ2) is 10.3. The number of thiazole rings is 1. The number of carbonyl (C=O) groups is 2. The van der Waals surface area contributed by atoms with Crippen molar-refractivity contribution in [3.05, 3.63) is 40.9 Å². The van der Waals surface area contributed by atoms with Crippen LogP contribution in [0.4, 0.5) is 5.13 Å². The largest absolute Gasteiger partial charge is 0.466 e. The van der Waals surface area contributed by atoms with Gasteiger partial charge >= 0.3 is 5.97 Å². The number of hydrogen-bond acceptors (Lipinski definition) is 8. The quantitative estimate of drug-likeness (QED) is 0.389. The molecule has 0 saturated carbocycles. The highest BCUT2D eigenvalue weighted by Gasteiger charge is 2.17. The lowest BCUT2D eigenvalue weighted by atomic mass is 9.87. The van der Waals surface area contributed by atoms with Crippen molar-refractivity contribution in [1.29, 1.82) is 0 Å². The topological polar surface area (TPSA) is 99.0 Å². The number of nitrogens with one attached hydrogen (secondary N) is 1. The van der Waals surface area contributed by atoms with Crippen molar-refractivity contribution < 1.29 is 14.3 Å². The number of rotatable bonds is 8. The number of benzene rings is 1. The number of hydrogen-bond donors (Lipinski definition) is 1. The minimum Gasteiger partial charge on any atom is -0.466 e. The fraction of sp³-hybridized carbons (Fsp3) is 0.409. The Bertz CT molecular complexity index is 1080. The van der Waals surface area contributed by atoms with E-state index in [9.17, 15) is 9.59 Å². The predicted molar refractivity (Wildman–Crippen MR) is 127 cm³/mol. The molecule has 0 aliphatic heterocycles. The van der Waals surface area contributed by atoms with Crippen molar-refractivity contribution >= 4 is 40.1 Å². The summed E-state index contributed by atoms with van der Waals surface area (Å²) >= 11 is 2.58. The Hall–Kier alpha value is -2.72. The lowest BCUT2D eigenvalue weighted by molar-refractivity contribution is -0.142. The minimum atomic E-state index is -0.336. The van der Waals surface area contributed by atoms with E-state index in [1.807, 2.05) is 23.7 Å². The Balaban J connectivity index is 1.56. The molecule has 0 saturated heterocycles. The van der Waals surface area contributed by atoms with Crippen molar-refractivity contribution in [1.82, 2.24) is 19.7 Å². The van der Waals surface area contributed by atoms with Crippen LogP contribution in [-0.2, 0) is 33.2 Å². The number of esters is 1. The van der Waals surface area contributed by atoms with Crippen LogP contribution in [0.1, 0.15) is 39.0 Å². The molecule has 0 spiro atoms. The molecule has 2 heterocycles. The van der Waals surface area contributed by atoms with Gasteiger partial charge in [0.1, 0.15) is 0 Å². The zero-order valence-electron chi connectivity index (χ0n) is 18.8. The number of anilines is 1. The number of carbonyl (C=O) groups excluding carboxylic acids is 2. The van der Waals surface area contributed by atoms with Crippen LogP contribution in [0.2, 0.25) is 0 Å². The Morgan fingerprint density at radius 2 is 1.91 bits per heavy atom. The monoisotopic (exact) mass is 473 g/mol. The highest BCUT2D eigenvalue weighted by Crippen LogP contribution is 2.27. The van der Waals surface area contributed by atoms with Crippen LogP contribution >= 0.6 is 23.1 Å². The number of nitrogens with zero attached hydrogens (tertiary/aromatic N) is 4. The third-order valence-corrected chi connectivity index (χ3v) is 6.43. The van der Waals surface area contributed by atoms with Crippen molar-refractivity contribution in [2.45, 2.75) is 44.7 Å². The maximum absolute atomic E-state index is 12.3. The van der Waals surface area contributed by atoms with E-state index in [0.29, 0.717) is 22.6 Å². The molecule has 0 atom stereocenters. The van der Waals surface area contributed by atoms with E-state index in [0.717, 1.165) is 11.4 Å². The van der Waals surface area contributed by atoms with Gasteiger partial charge in [0, 0.05) is 18.0 Å². The van der Waals surface area contributed by atoms with Gasteiger partial charge in [-0.05, 0) is 17.9 Å². The van der Waals surface area contributed by atoms with Crippen LogP contribution in [0.5, 0.6) is 0 Å². The van der Waals surface area contributed by atoms with E-state index in [4.69, 9.17) is 4.74 Å². The molecule has 10 heteroatoms. The summed E-state index contributed by atoms with van der Waals surface area (Å²) in [5, 5.41) is 14.1. The lowest BCUT2D eigenvalue weighted by Gasteiger charge is -2.19. The molecule has 0 unspecified atom stereocenters. The average molecular weight is 474 g/mol. The molecular formula is C22H27N5O3S2. The Morgan fingerprint density at radius 1 is 1.19 bits per heavy atom. The van der Waals surface area contributed by atoms with Gasteiger partial charge in [-0.2, -0.15) is 0 Å². The standard InChI is InChI=1S/C22H27N5O3S2/c1-6-30-18(29)11-16-12-31-20(23-16)24-17(28)13-32-21-26-25-19(27(21)5)14-7-9-15(10-8-14)22(2,3)4/h7-10,12H,6,11,13H2,1-5H3,(H,23,24,28). The van der Waals surface area contributed by atoms with Gasteiger partial charge in [0.15, 0.2) is 16.1 Å². The zero-order chi connectivity index (χ0) is 23.3. The molecule has 3 aromatic rings. The van der Waals surface area contributed by atoms with Crippen LogP contribution < -0.4 is 5.32 Å². The third-order valence-electron chi connectivity index (χ3n) is 4.61. The number of thioether (sulfide) groups is 1. The van der Waals surface area contributed by atoms with Crippen molar-refractivity contribution in [3.63, 3.8) is 0 Å². The van der Waals surface area contributed by atoms with E-state index >= 15 is 0 Å². The van der Waals surface area contributed by atoms with Gasteiger partial charge in [0.2, 0.25) is 5.91 Å². The Kier molecular flexibility index (Phi) is 7.68.